The first-order valence-corrected chi connectivity index (χ1v) is 11.6. The van der Waals surface area contributed by atoms with E-state index >= 15 is 0 Å². The molecule has 0 aliphatic rings. The smallest absolute Gasteiger partial charge is 0.339 e. The van der Waals surface area contributed by atoms with E-state index in [9.17, 15) is 9.59 Å². The van der Waals surface area contributed by atoms with E-state index in [1.807, 2.05) is 43.3 Å². The van der Waals surface area contributed by atoms with E-state index in [2.05, 4.69) is 15.2 Å². The van der Waals surface area contributed by atoms with Crippen LogP contribution in [0.15, 0.2) is 88.2 Å². The van der Waals surface area contributed by atoms with Crippen molar-refractivity contribution in [2.24, 2.45) is 7.05 Å². The molecule has 0 saturated carbocycles. The van der Waals surface area contributed by atoms with Gasteiger partial charge in [-0.15, -0.1) is 10.2 Å². The van der Waals surface area contributed by atoms with Gasteiger partial charge in [0.25, 0.3) is 5.56 Å². The van der Waals surface area contributed by atoms with E-state index in [4.69, 9.17) is 9.15 Å². The van der Waals surface area contributed by atoms with Crippen LogP contribution in [0.1, 0.15) is 21.7 Å². The van der Waals surface area contributed by atoms with Crippen molar-refractivity contribution in [3.8, 4) is 22.8 Å². The van der Waals surface area contributed by atoms with Crippen LogP contribution in [0.3, 0.4) is 0 Å². The highest BCUT2D eigenvalue weighted by molar-refractivity contribution is 5.96. The Morgan fingerprint density at radius 1 is 0.973 bits per heavy atom. The van der Waals surface area contributed by atoms with Crippen LogP contribution in [0.25, 0.3) is 39.5 Å². The summed E-state index contributed by atoms with van der Waals surface area (Å²) in [6, 6.07) is 22.1. The third kappa shape index (κ3) is 3.86. The van der Waals surface area contributed by atoms with E-state index in [1.54, 1.807) is 54.0 Å². The highest BCUT2D eigenvalue weighted by atomic mass is 16.5. The molecule has 0 aliphatic heterocycles. The molecule has 0 amide bonds. The third-order valence-corrected chi connectivity index (χ3v) is 6.24. The van der Waals surface area contributed by atoms with Crippen molar-refractivity contribution < 1.29 is 13.9 Å². The minimum Gasteiger partial charge on any atom is -0.454 e. The molecule has 6 aromatic rings. The number of esters is 1. The zero-order valence-corrected chi connectivity index (χ0v) is 20.1. The van der Waals surface area contributed by atoms with Crippen LogP contribution in [0, 0.1) is 6.92 Å². The lowest BCUT2D eigenvalue weighted by molar-refractivity contribution is 0.0462. The monoisotopic (exact) mass is 491 g/mol. The van der Waals surface area contributed by atoms with Crippen LogP contribution in [-0.2, 0) is 18.4 Å². The highest BCUT2D eigenvalue weighted by Crippen LogP contribution is 2.29. The normalized spacial score (nSPS) is 11.3. The van der Waals surface area contributed by atoms with Crippen molar-refractivity contribution >= 4 is 22.6 Å². The maximum atomic E-state index is 13.2. The number of carbonyl (C=O) groups is 1. The summed E-state index contributed by atoms with van der Waals surface area (Å²) >= 11 is 0. The second-order valence-corrected chi connectivity index (χ2v) is 8.65. The van der Waals surface area contributed by atoms with Crippen LogP contribution >= 0.6 is 0 Å². The standard InChI is InChI=1S/C28H21N5O4/c1-17-11-13-18(14-12-17)23-15-29-25(37-23)19-7-3-4-8-20(19)27(35)36-16-24-30-31-28-32(2)26(34)21-9-5-6-10-22(21)33(24)28/h3-15H,16H2,1-2H3. The topological polar surface area (TPSA) is 105 Å². The molecular formula is C28H21N5O4. The SMILES string of the molecule is Cc1ccc(-c2cnc(-c3ccccc3C(=O)OCc3nnc4n(C)c(=O)c5ccccc5n34)o2)cc1. The summed E-state index contributed by atoms with van der Waals surface area (Å²) in [5.74, 6) is 1.11. The zero-order chi connectivity index (χ0) is 25.5. The largest absolute Gasteiger partial charge is 0.454 e. The lowest BCUT2D eigenvalue weighted by atomic mass is 10.1. The molecular weight excluding hydrogens is 470 g/mol. The summed E-state index contributed by atoms with van der Waals surface area (Å²) < 4.78 is 14.8. The predicted molar refractivity (Wildman–Crippen MR) is 137 cm³/mol. The Hall–Kier alpha value is -5.05. The number of fused-ring (bicyclic) bond motifs is 3. The van der Waals surface area contributed by atoms with Crippen LogP contribution < -0.4 is 5.56 Å². The van der Waals surface area contributed by atoms with E-state index in [0.29, 0.717) is 45.3 Å². The van der Waals surface area contributed by atoms with E-state index in [-0.39, 0.29) is 12.2 Å². The Balaban J connectivity index is 1.30. The number of hydrogen-bond acceptors (Lipinski definition) is 7. The predicted octanol–water partition coefficient (Wildman–Crippen LogP) is 4.57. The third-order valence-electron chi connectivity index (χ3n) is 6.24. The summed E-state index contributed by atoms with van der Waals surface area (Å²) in [6.45, 7) is 1.88. The van der Waals surface area contributed by atoms with Gasteiger partial charge in [-0.2, -0.15) is 0 Å². The van der Waals surface area contributed by atoms with Gasteiger partial charge in [-0.1, -0.05) is 54.1 Å². The molecule has 0 N–H and O–H groups in total. The maximum Gasteiger partial charge on any atom is 0.339 e. The summed E-state index contributed by atoms with van der Waals surface area (Å²) in [5, 5.41) is 8.84. The van der Waals surface area contributed by atoms with Gasteiger partial charge in [0.2, 0.25) is 11.7 Å². The molecule has 6 rings (SSSR count). The van der Waals surface area contributed by atoms with Crippen molar-refractivity contribution in [1.29, 1.82) is 0 Å². The zero-order valence-electron chi connectivity index (χ0n) is 20.1. The van der Waals surface area contributed by atoms with Gasteiger partial charge in [-0.05, 0) is 31.2 Å². The quantitative estimate of drug-likeness (QED) is 0.325. The van der Waals surface area contributed by atoms with Crippen molar-refractivity contribution in [3.63, 3.8) is 0 Å². The van der Waals surface area contributed by atoms with Crippen LogP contribution in [0.4, 0.5) is 0 Å². The summed E-state index contributed by atoms with van der Waals surface area (Å²) in [4.78, 5) is 30.2. The molecule has 3 aromatic carbocycles. The Bertz CT molecular complexity index is 1850. The van der Waals surface area contributed by atoms with Gasteiger partial charge in [0.1, 0.15) is 0 Å². The van der Waals surface area contributed by atoms with E-state index in [1.165, 1.54) is 4.57 Å². The van der Waals surface area contributed by atoms with Crippen molar-refractivity contribution in [2.75, 3.05) is 0 Å². The first-order valence-electron chi connectivity index (χ1n) is 11.6. The number of para-hydroxylation sites is 1. The molecule has 9 nitrogen and oxygen atoms in total. The number of aryl methyl sites for hydroxylation is 2. The molecule has 0 aliphatic carbocycles. The van der Waals surface area contributed by atoms with E-state index in [0.717, 1.165) is 11.1 Å². The molecule has 0 saturated heterocycles. The van der Waals surface area contributed by atoms with Gasteiger partial charge in [0.15, 0.2) is 18.2 Å². The average Bonchev–Trinajstić information content (AvgIpc) is 3.59. The molecule has 0 radical (unpaired) electrons. The first kappa shape index (κ1) is 22.4. The maximum absolute atomic E-state index is 13.2. The van der Waals surface area contributed by atoms with Gasteiger partial charge in [0.05, 0.1) is 28.2 Å². The highest BCUT2D eigenvalue weighted by Gasteiger charge is 2.20. The van der Waals surface area contributed by atoms with Gasteiger partial charge in [-0.25, -0.2) is 9.78 Å². The molecule has 3 heterocycles. The number of nitrogens with zero attached hydrogens (tertiary/aromatic N) is 5. The number of benzene rings is 3. The fourth-order valence-corrected chi connectivity index (χ4v) is 4.29. The van der Waals surface area contributed by atoms with E-state index < -0.39 is 5.97 Å². The molecule has 9 heteroatoms. The van der Waals surface area contributed by atoms with Crippen molar-refractivity contribution in [1.82, 2.24) is 24.1 Å². The number of aromatic nitrogens is 5. The Morgan fingerprint density at radius 2 is 1.73 bits per heavy atom. The van der Waals surface area contributed by atoms with Crippen molar-refractivity contribution in [3.05, 3.63) is 106 Å². The number of hydrogen-bond donors (Lipinski definition) is 0. The molecule has 0 bridgehead atoms. The first-order chi connectivity index (χ1) is 18.0. The van der Waals surface area contributed by atoms with Gasteiger partial charge >= 0.3 is 5.97 Å². The fraction of sp³-hybridized carbons (Fsp3) is 0.107. The number of rotatable bonds is 5. The van der Waals surface area contributed by atoms with Gasteiger partial charge < -0.3 is 9.15 Å². The number of oxazole rings is 1. The fourth-order valence-electron chi connectivity index (χ4n) is 4.29. The second-order valence-electron chi connectivity index (χ2n) is 8.65. The summed E-state index contributed by atoms with van der Waals surface area (Å²) in [6.07, 6.45) is 1.64. The Kier molecular flexibility index (Phi) is 5.37. The molecule has 0 atom stereocenters. The van der Waals surface area contributed by atoms with Crippen LogP contribution in [0.5, 0.6) is 0 Å². The summed E-state index contributed by atoms with van der Waals surface area (Å²) in [7, 11) is 1.63. The number of ether oxygens (including phenoxy) is 1. The molecule has 182 valence electrons. The average molecular weight is 492 g/mol. The second kappa shape index (κ2) is 8.87. The number of carbonyl (C=O) groups excluding carboxylic acids is 1. The lowest BCUT2D eigenvalue weighted by Crippen LogP contribution is -2.20. The van der Waals surface area contributed by atoms with Gasteiger partial charge in [-0.3, -0.25) is 13.8 Å². The van der Waals surface area contributed by atoms with Gasteiger partial charge in [0, 0.05) is 12.6 Å². The van der Waals surface area contributed by atoms with Crippen molar-refractivity contribution in [2.45, 2.75) is 13.5 Å². The van der Waals surface area contributed by atoms with Crippen LogP contribution in [-0.4, -0.2) is 30.1 Å². The minimum atomic E-state index is -0.559. The minimum absolute atomic E-state index is 0.142. The Morgan fingerprint density at radius 3 is 2.57 bits per heavy atom. The molecule has 37 heavy (non-hydrogen) atoms. The Labute approximate surface area is 210 Å². The molecule has 0 unspecified atom stereocenters. The molecule has 3 aromatic heterocycles. The lowest BCUT2D eigenvalue weighted by Gasteiger charge is -2.09. The molecule has 0 fully saturated rings. The van der Waals surface area contributed by atoms with Crippen LogP contribution in [0.2, 0.25) is 0 Å². The molecule has 0 spiro atoms. The summed E-state index contributed by atoms with van der Waals surface area (Å²) in [5.41, 5.74) is 3.33.